The third kappa shape index (κ3) is 39.2. The van der Waals surface area contributed by atoms with Gasteiger partial charge in [0.25, 0.3) is 0 Å². The summed E-state index contributed by atoms with van der Waals surface area (Å²) < 4.78 is 16.5. The van der Waals surface area contributed by atoms with E-state index in [4.69, 9.17) is 14.2 Å². The standard InChI is InChI=1S/C45H84O6/c1-4-7-10-13-15-16-17-18-19-20-21-22-23-24-25-26-27-28-30-32-35-38-44(47)50-41-42(40-49-43(46)37-34-31-12-9-6-3)51-45(48)39-36-33-29-14-11-8-5-2/h20-21,42H,4-19,22-41H2,1-3H3/b21-20-. The van der Waals surface area contributed by atoms with Crippen LogP contribution in [0.2, 0.25) is 0 Å². The van der Waals surface area contributed by atoms with E-state index in [2.05, 4.69) is 32.9 Å². The highest BCUT2D eigenvalue weighted by molar-refractivity contribution is 5.71. The van der Waals surface area contributed by atoms with Crippen LogP contribution in [0.3, 0.4) is 0 Å². The first-order valence-corrected chi connectivity index (χ1v) is 22.2. The summed E-state index contributed by atoms with van der Waals surface area (Å²) in [6.45, 7) is 6.51. The minimum atomic E-state index is -0.759. The zero-order valence-electron chi connectivity index (χ0n) is 34.1. The molecule has 0 radical (unpaired) electrons. The van der Waals surface area contributed by atoms with Crippen molar-refractivity contribution < 1.29 is 28.6 Å². The van der Waals surface area contributed by atoms with E-state index < -0.39 is 6.10 Å². The fourth-order valence-corrected chi connectivity index (χ4v) is 6.38. The van der Waals surface area contributed by atoms with Gasteiger partial charge in [0.2, 0.25) is 0 Å². The van der Waals surface area contributed by atoms with Gasteiger partial charge < -0.3 is 14.2 Å². The molecular formula is C45H84O6. The molecule has 6 nitrogen and oxygen atoms in total. The minimum Gasteiger partial charge on any atom is -0.462 e. The molecule has 0 N–H and O–H groups in total. The molecule has 1 atom stereocenters. The van der Waals surface area contributed by atoms with Crippen molar-refractivity contribution in [2.75, 3.05) is 13.2 Å². The van der Waals surface area contributed by atoms with Crippen molar-refractivity contribution in [3.05, 3.63) is 12.2 Å². The second-order valence-electron chi connectivity index (χ2n) is 15.0. The van der Waals surface area contributed by atoms with Gasteiger partial charge in [-0.3, -0.25) is 14.4 Å². The highest BCUT2D eigenvalue weighted by Gasteiger charge is 2.19. The van der Waals surface area contributed by atoms with Crippen LogP contribution in [0.5, 0.6) is 0 Å². The molecule has 0 fully saturated rings. The summed E-state index contributed by atoms with van der Waals surface area (Å²) in [5.41, 5.74) is 0. The van der Waals surface area contributed by atoms with E-state index in [-0.39, 0.29) is 31.1 Å². The van der Waals surface area contributed by atoms with Crippen LogP contribution in [0.25, 0.3) is 0 Å². The number of carbonyl (C=O) groups excluding carboxylic acids is 3. The lowest BCUT2D eigenvalue weighted by Gasteiger charge is -2.18. The van der Waals surface area contributed by atoms with Crippen LogP contribution < -0.4 is 0 Å². The minimum absolute atomic E-state index is 0.0690. The number of carbonyl (C=O) groups is 3. The molecule has 51 heavy (non-hydrogen) atoms. The van der Waals surface area contributed by atoms with E-state index in [0.717, 1.165) is 64.2 Å². The number of hydrogen-bond acceptors (Lipinski definition) is 6. The molecule has 0 rings (SSSR count). The predicted molar refractivity (Wildman–Crippen MR) is 215 cm³/mol. The van der Waals surface area contributed by atoms with Crippen molar-refractivity contribution in [3.63, 3.8) is 0 Å². The van der Waals surface area contributed by atoms with Gasteiger partial charge in [-0.2, -0.15) is 0 Å². The molecule has 6 heteroatoms. The fraction of sp³-hybridized carbons (Fsp3) is 0.889. The molecule has 0 aromatic carbocycles. The molecule has 0 aliphatic carbocycles. The number of allylic oxidation sites excluding steroid dienone is 2. The van der Waals surface area contributed by atoms with Crippen LogP contribution in [0.15, 0.2) is 12.2 Å². The molecule has 1 unspecified atom stereocenters. The third-order valence-electron chi connectivity index (χ3n) is 9.77. The van der Waals surface area contributed by atoms with Crippen molar-refractivity contribution in [1.82, 2.24) is 0 Å². The molecule has 0 bridgehead atoms. The summed E-state index contributed by atoms with van der Waals surface area (Å²) in [4.78, 5) is 37.2. The molecule has 300 valence electrons. The normalized spacial score (nSPS) is 12.0. The quantitative estimate of drug-likeness (QED) is 0.0271. The molecule has 0 spiro atoms. The van der Waals surface area contributed by atoms with Crippen molar-refractivity contribution in [3.8, 4) is 0 Å². The Morgan fingerprint density at radius 1 is 0.373 bits per heavy atom. The van der Waals surface area contributed by atoms with Crippen molar-refractivity contribution in [2.24, 2.45) is 0 Å². The van der Waals surface area contributed by atoms with Gasteiger partial charge in [-0.05, 0) is 44.9 Å². The monoisotopic (exact) mass is 721 g/mol. The molecule has 0 saturated heterocycles. The highest BCUT2D eigenvalue weighted by Crippen LogP contribution is 2.14. The summed E-state index contributed by atoms with van der Waals surface area (Å²) >= 11 is 0. The second-order valence-corrected chi connectivity index (χ2v) is 15.0. The molecule has 0 aromatic rings. The molecule has 0 saturated carbocycles. The van der Waals surface area contributed by atoms with Gasteiger partial charge in [0.15, 0.2) is 6.10 Å². The Morgan fingerprint density at radius 2 is 0.647 bits per heavy atom. The molecular weight excluding hydrogens is 636 g/mol. The summed E-state index contributed by atoms with van der Waals surface area (Å²) in [7, 11) is 0. The molecule has 0 amide bonds. The maximum atomic E-state index is 12.5. The van der Waals surface area contributed by atoms with Gasteiger partial charge in [-0.1, -0.05) is 187 Å². The Morgan fingerprint density at radius 3 is 0.980 bits per heavy atom. The van der Waals surface area contributed by atoms with Crippen molar-refractivity contribution in [1.29, 1.82) is 0 Å². The summed E-state index contributed by atoms with van der Waals surface area (Å²) in [6, 6.07) is 0. The lowest BCUT2D eigenvalue weighted by atomic mass is 10.1. The van der Waals surface area contributed by atoms with E-state index in [9.17, 15) is 14.4 Å². The van der Waals surface area contributed by atoms with Crippen LogP contribution in [-0.2, 0) is 28.6 Å². The molecule has 0 heterocycles. The Balaban J connectivity index is 4.02. The summed E-state index contributed by atoms with van der Waals surface area (Å²) in [5.74, 6) is -0.888. The van der Waals surface area contributed by atoms with Gasteiger partial charge in [0.05, 0.1) is 0 Å². The maximum absolute atomic E-state index is 12.5. The number of esters is 3. The maximum Gasteiger partial charge on any atom is 0.306 e. The van der Waals surface area contributed by atoms with Gasteiger partial charge in [0.1, 0.15) is 13.2 Å². The van der Waals surface area contributed by atoms with Crippen LogP contribution >= 0.6 is 0 Å². The van der Waals surface area contributed by atoms with Crippen LogP contribution in [0, 0.1) is 0 Å². The van der Waals surface area contributed by atoms with Crippen molar-refractivity contribution in [2.45, 2.75) is 245 Å². The molecule has 0 aliphatic heterocycles. The average Bonchev–Trinajstić information content (AvgIpc) is 3.12. The van der Waals surface area contributed by atoms with E-state index in [1.54, 1.807) is 0 Å². The number of hydrogen-bond donors (Lipinski definition) is 0. The zero-order valence-corrected chi connectivity index (χ0v) is 34.1. The van der Waals surface area contributed by atoms with Gasteiger partial charge in [-0.25, -0.2) is 0 Å². The number of unbranched alkanes of at least 4 members (excludes halogenated alkanes) is 27. The Labute approximate surface area is 316 Å². The van der Waals surface area contributed by atoms with Crippen LogP contribution in [-0.4, -0.2) is 37.2 Å². The lowest BCUT2D eigenvalue weighted by molar-refractivity contribution is -0.167. The summed E-state index contributed by atoms with van der Waals surface area (Å²) in [6.07, 6.45) is 42.5. The first-order valence-electron chi connectivity index (χ1n) is 22.2. The largest absolute Gasteiger partial charge is 0.462 e. The number of ether oxygens (including phenoxy) is 3. The predicted octanol–water partition coefficient (Wildman–Crippen LogP) is 13.9. The van der Waals surface area contributed by atoms with Crippen molar-refractivity contribution >= 4 is 17.9 Å². The van der Waals surface area contributed by atoms with Gasteiger partial charge in [0, 0.05) is 19.3 Å². The molecule has 0 aliphatic rings. The van der Waals surface area contributed by atoms with E-state index >= 15 is 0 Å². The Bertz CT molecular complexity index is 794. The van der Waals surface area contributed by atoms with E-state index in [1.165, 1.54) is 135 Å². The SMILES string of the molecule is CCCCCCCCCC/C=C\CCCCCCCCCCCC(=O)OCC(COC(=O)CCCCCCC)OC(=O)CCCCCCCCC. The first kappa shape index (κ1) is 49.1. The smallest absolute Gasteiger partial charge is 0.306 e. The number of rotatable bonds is 40. The van der Waals surface area contributed by atoms with E-state index in [0.29, 0.717) is 19.3 Å². The molecule has 0 aromatic heterocycles. The third-order valence-corrected chi connectivity index (χ3v) is 9.77. The highest BCUT2D eigenvalue weighted by atomic mass is 16.6. The zero-order chi connectivity index (χ0) is 37.3. The Hall–Kier alpha value is -1.85. The van der Waals surface area contributed by atoms with Gasteiger partial charge >= 0.3 is 17.9 Å². The lowest BCUT2D eigenvalue weighted by Crippen LogP contribution is -2.30. The second kappa shape index (κ2) is 40.9. The summed E-state index contributed by atoms with van der Waals surface area (Å²) in [5, 5.41) is 0. The first-order chi connectivity index (χ1) is 25.0. The topological polar surface area (TPSA) is 78.9 Å². The fourth-order valence-electron chi connectivity index (χ4n) is 6.38. The van der Waals surface area contributed by atoms with Crippen LogP contribution in [0.4, 0.5) is 0 Å². The average molecular weight is 721 g/mol. The van der Waals surface area contributed by atoms with Gasteiger partial charge in [-0.15, -0.1) is 0 Å². The van der Waals surface area contributed by atoms with E-state index in [1.807, 2.05) is 0 Å². The van der Waals surface area contributed by atoms with Crippen LogP contribution in [0.1, 0.15) is 239 Å². The Kier molecular flexibility index (Phi) is 39.4.